The molecule has 0 unspecified atom stereocenters. The molecule has 0 spiro atoms. The summed E-state index contributed by atoms with van der Waals surface area (Å²) in [5.74, 6) is 0.0308. The minimum absolute atomic E-state index is 0.102. The van der Waals surface area contributed by atoms with Gasteiger partial charge in [-0.25, -0.2) is 8.42 Å². The van der Waals surface area contributed by atoms with Crippen LogP contribution in [-0.4, -0.2) is 41.9 Å². The molecule has 9 heteroatoms. The number of carbonyl (C=O) groups is 1. The van der Waals surface area contributed by atoms with E-state index in [-0.39, 0.29) is 11.8 Å². The van der Waals surface area contributed by atoms with E-state index in [1.54, 1.807) is 12.1 Å². The first-order valence-electron chi connectivity index (χ1n) is 11.0. The van der Waals surface area contributed by atoms with Crippen molar-refractivity contribution in [3.8, 4) is 0 Å². The van der Waals surface area contributed by atoms with Gasteiger partial charge in [-0.1, -0.05) is 57.1 Å². The highest BCUT2D eigenvalue weighted by molar-refractivity contribution is 7.89. The fourth-order valence-electron chi connectivity index (χ4n) is 3.67. The lowest BCUT2D eigenvalue weighted by molar-refractivity contribution is -0.120. The van der Waals surface area contributed by atoms with Crippen molar-refractivity contribution in [3.05, 3.63) is 34.8 Å². The van der Waals surface area contributed by atoms with Gasteiger partial charge >= 0.3 is 0 Å². The minimum Gasteiger partial charge on any atom is -0.300 e. The molecule has 0 bridgehead atoms. The van der Waals surface area contributed by atoms with Crippen LogP contribution in [0, 0.1) is 5.92 Å². The molecule has 0 aliphatic carbocycles. The van der Waals surface area contributed by atoms with Crippen LogP contribution in [0.5, 0.6) is 0 Å². The van der Waals surface area contributed by atoms with E-state index < -0.39 is 10.0 Å². The highest BCUT2D eigenvalue weighted by atomic mass is 32.2. The molecule has 1 N–H and O–H groups in total. The van der Waals surface area contributed by atoms with Gasteiger partial charge in [0.25, 0.3) is 0 Å². The molecule has 7 nitrogen and oxygen atoms in total. The van der Waals surface area contributed by atoms with Crippen molar-refractivity contribution in [2.45, 2.75) is 70.1 Å². The average molecular weight is 465 g/mol. The third-order valence-corrected chi connectivity index (χ3v) is 8.51. The van der Waals surface area contributed by atoms with E-state index in [1.807, 2.05) is 12.1 Å². The number of aromatic nitrogens is 2. The molecule has 2 heterocycles. The smallest absolute Gasteiger partial charge is 0.243 e. The van der Waals surface area contributed by atoms with Gasteiger partial charge in [-0.3, -0.25) is 4.79 Å². The molecule has 1 aromatic heterocycles. The number of rotatable bonds is 9. The van der Waals surface area contributed by atoms with E-state index in [0.717, 1.165) is 36.3 Å². The molecule has 0 saturated carbocycles. The molecule has 1 fully saturated rings. The fraction of sp³-hybridized carbons (Fsp3) is 0.591. The Labute approximate surface area is 189 Å². The maximum absolute atomic E-state index is 13.0. The quantitative estimate of drug-likeness (QED) is 0.554. The average Bonchev–Trinajstić information content (AvgIpc) is 3.21. The zero-order valence-electron chi connectivity index (χ0n) is 18.5. The van der Waals surface area contributed by atoms with E-state index >= 15 is 0 Å². The number of piperidine rings is 1. The second-order valence-corrected chi connectivity index (χ2v) is 11.3. The van der Waals surface area contributed by atoms with Gasteiger partial charge in [-0.2, -0.15) is 4.31 Å². The normalized spacial score (nSPS) is 16.0. The molecular formula is C22H32N4O3S2. The van der Waals surface area contributed by atoms with E-state index in [2.05, 4.69) is 36.3 Å². The highest BCUT2D eigenvalue weighted by Gasteiger charge is 2.32. The molecule has 3 rings (SSSR count). The number of sulfonamides is 1. The Kier molecular flexibility index (Phi) is 8.18. The summed E-state index contributed by atoms with van der Waals surface area (Å²) >= 11 is 1.42. The fourth-order valence-corrected chi connectivity index (χ4v) is 5.93. The largest absolute Gasteiger partial charge is 0.300 e. The van der Waals surface area contributed by atoms with E-state index in [4.69, 9.17) is 0 Å². The first-order chi connectivity index (χ1) is 14.8. The predicted octanol–water partition coefficient (Wildman–Crippen LogP) is 4.43. The molecule has 0 atom stereocenters. The number of amides is 1. The van der Waals surface area contributed by atoms with Crippen LogP contribution < -0.4 is 5.32 Å². The number of nitrogens with zero attached hydrogens (tertiary/aromatic N) is 3. The SMILES string of the molecule is CCCCCc1nnc(NC(=O)C2CCN(S(=O)(=O)c3ccc(C(C)C)cc3)CC2)s1. The van der Waals surface area contributed by atoms with Crippen molar-refractivity contribution in [2.75, 3.05) is 18.4 Å². The van der Waals surface area contributed by atoms with Gasteiger partial charge in [-0.15, -0.1) is 10.2 Å². The Morgan fingerprint density at radius 1 is 1.16 bits per heavy atom. The van der Waals surface area contributed by atoms with Crippen LogP contribution in [0.25, 0.3) is 0 Å². The molecule has 0 radical (unpaired) electrons. The topological polar surface area (TPSA) is 92.3 Å². The Morgan fingerprint density at radius 2 is 1.84 bits per heavy atom. The molecule has 1 aliphatic heterocycles. The van der Waals surface area contributed by atoms with Gasteiger partial charge in [0.05, 0.1) is 4.90 Å². The summed E-state index contributed by atoms with van der Waals surface area (Å²) in [5, 5.41) is 12.5. The van der Waals surface area contributed by atoms with Gasteiger partial charge in [0.15, 0.2) is 0 Å². The first kappa shape index (κ1) is 23.8. The lowest BCUT2D eigenvalue weighted by Crippen LogP contribution is -2.41. The molecule has 1 saturated heterocycles. The third-order valence-electron chi connectivity index (χ3n) is 5.70. The summed E-state index contributed by atoms with van der Waals surface area (Å²) in [6.45, 7) is 6.99. The zero-order valence-corrected chi connectivity index (χ0v) is 20.1. The number of hydrogen-bond acceptors (Lipinski definition) is 6. The third kappa shape index (κ3) is 6.11. The van der Waals surface area contributed by atoms with Gasteiger partial charge in [0.2, 0.25) is 21.1 Å². The van der Waals surface area contributed by atoms with Crippen LogP contribution in [0.3, 0.4) is 0 Å². The second kappa shape index (κ2) is 10.7. The summed E-state index contributed by atoms with van der Waals surface area (Å²) in [7, 11) is -3.54. The van der Waals surface area contributed by atoms with Crippen LogP contribution in [0.4, 0.5) is 5.13 Å². The summed E-state index contributed by atoms with van der Waals surface area (Å²) in [4.78, 5) is 12.9. The second-order valence-electron chi connectivity index (χ2n) is 8.35. The standard InChI is InChI=1S/C22H32N4O3S2/c1-4-5-6-7-20-24-25-22(30-20)23-21(27)18-12-14-26(15-13-18)31(28,29)19-10-8-17(9-11-19)16(2)3/h8-11,16,18H,4-7,12-15H2,1-3H3,(H,23,25,27). The number of nitrogens with one attached hydrogen (secondary N) is 1. The Morgan fingerprint density at radius 3 is 2.45 bits per heavy atom. The number of hydrogen-bond donors (Lipinski definition) is 1. The van der Waals surface area contributed by atoms with Crippen LogP contribution in [0.1, 0.15) is 69.4 Å². The zero-order chi connectivity index (χ0) is 22.4. The van der Waals surface area contributed by atoms with Crippen molar-refractivity contribution in [3.63, 3.8) is 0 Å². The molecule has 1 amide bonds. The Hall–Kier alpha value is -1.84. The van der Waals surface area contributed by atoms with Gasteiger partial charge < -0.3 is 5.32 Å². The van der Waals surface area contributed by atoms with E-state index in [0.29, 0.717) is 41.9 Å². The van der Waals surface area contributed by atoms with Crippen LogP contribution in [-0.2, 0) is 21.2 Å². The molecular weight excluding hydrogens is 432 g/mol. The molecule has 1 aliphatic rings. The number of unbranched alkanes of at least 4 members (excludes halogenated alkanes) is 2. The summed E-state index contributed by atoms with van der Waals surface area (Å²) in [5.41, 5.74) is 1.11. The monoisotopic (exact) mass is 464 g/mol. The number of carbonyl (C=O) groups excluding carboxylic acids is 1. The lowest BCUT2D eigenvalue weighted by Gasteiger charge is -2.30. The Bertz CT molecular complexity index is 963. The minimum atomic E-state index is -3.54. The van der Waals surface area contributed by atoms with Crippen LogP contribution in [0.2, 0.25) is 0 Å². The lowest BCUT2D eigenvalue weighted by atomic mass is 9.97. The maximum atomic E-state index is 13.0. The molecule has 170 valence electrons. The molecule has 1 aromatic carbocycles. The maximum Gasteiger partial charge on any atom is 0.243 e. The van der Waals surface area contributed by atoms with Crippen LogP contribution >= 0.6 is 11.3 Å². The summed E-state index contributed by atoms with van der Waals surface area (Å²) < 4.78 is 27.4. The molecule has 2 aromatic rings. The number of aryl methyl sites for hydroxylation is 1. The Balaban J connectivity index is 1.53. The van der Waals surface area contributed by atoms with Crippen molar-refractivity contribution in [1.29, 1.82) is 0 Å². The summed E-state index contributed by atoms with van der Waals surface area (Å²) in [6, 6.07) is 7.10. The molecule has 31 heavy (non-hydrogen) atoms. The van der Waals surface area contributed by atoms with Crippen molar-refractivity contribution in [1.82, 2.24) is 14.5 Å². The van der Waals surface area contributed by atoms with Crippen molar-refractivity contribution in [2.24, 2.45) is 5.92 Å². The van der Waals surface area contributed by atoms with Crippen molar-refractivity contribution >= 4 is 32.4 Å². The van der Waals surface area contributed by atoms with E-state index in [9.17, 15) is 13.2 Å². The summed E-state index contributed by atoms with van der Waals surface area (Å²) in [6.07, 6.45) is 5.27. The van der Waals surface area contributed by atoms with Crippen molar-refractivity contribution < 1.29 is 13.2 Å². The first-order valence-corrected chi connectivity index (χ1v) is 13.3. The highest BCUT2D eigenvalue weighted by Crippen LogP contribution is 2.26. The van der Waals surface area contributed by atoms with Crippen LogP contribution in [0.15, 0.2) is 29.2 Å². The van der Waals surface area contributed by atoms with Gasteiger partial charge in [0.1, 0.15) is 5.01 Å². The predicted molar refractivity (Wildman–Crippen MR) is 124 cm³/mol. The number of anilines is 1. The van der Waals surface area contributed by atoms with E-state index in [1.165, 1.54) is 15.6 Å². The van der Waals surface area contributed by atoms with Gasteiger partial charge in [0, 0.05) is 25.4 Å². The van der Waals surface area contributed by atoms with Gasteiger partial charge in [-0.05, 0) is 42.9 Å². The number of benzene rings is 1.